The van der Waals surface area contributed by atoms with Crippen LogP contribution in [0.15, 0.2) is 24.5 Å². The van der Waals surface area contributed by atoms with Gasteiger partial charge in [0.25, 0.3) is 0 Å². The molecule has 0 saturated heterocycles. The Kier molecular flexibility index (Phi) is 2.00. The second kappa shape index (κ2) is 3.18. The Labute approximate surface area is 82.4 Å². The zero-order valence-electron chi connectivity index (χ0n) is 8.20. The van der Waals surface area contributed by atoms with Gasteiger partial charge < -0.3 is 10.1 Å². The van der Waals surface area contributed by atoms with Crippen molar-refractivity contribution in [2.75, 3.05) is 0 Å². The standard InChI is InChI=1S/C11H12N2O/c1-7-5-9(6-8(2)10(7)14)11-12-3-4-13-11/h3-6,14H,1-2H3,(H,12,13). The van der Waals surface area contributed by atoms with Gasteiger partial charge in [0.1, 0.15) is 11.6 Å². The number of rotatable bonds is 1. The van der Waals surface area contributed by atoms with E-state index in [1.807, 2.05) is 26.0 Å². The maximum atomic E-state index is 9.60. The van der Waals surface area contributed by atoms with Crippen LogP contribution in [0.3, 0.4) is 0 Å². The van der Waals surface area contributed by atoms with Gasteiger partial charge in [0, 0.05) is 18.0 Å². The Bertz CT molecular complexity index is 423. The zero-order valence-corrected chi connectivity index (χ0v) is 8.20. The van der Waals surface area contributed by atoms with E-state index in [-0.39, 0.29) is 0 Å². The lowest BCUT2D eigenvalue weighted by Gasteiger charge is -2.05. The molecule has 72 valence electrons. The van der Waals surface area contributed by atoms with Gasteiger partial charge in [-0.3, -0.25) is 0 Å². The van der Waals surface area contributed by atoms with Gasteiger partial charge in [-0.05, 0) is 37.1 Å². The molecule has 1 heterocycles. The molecule has 0 aliphatic rings. The molecule has 0 aliphatic carbocycles. The van der Waals surface area contributed by atoms with E-state index in [0.717, 1.165) is 22.5 Å². The molecule has 1 aromatic carbocycles. The van der Waals surface area contributed by atoms with Gasteiger partial charge >= 0.3 is 0 Å². The van der Waals surface area contributed by atoms with Crippen LogP contribution in [0, 0.1) is 13.8 Å². The lowest BCUT2D eigenvalue weighted by molar-refractivity contribution is 0.467. The van der Waals surface area contributed by atoms with Gasteiger partial charge in [-0.2, -0.15) is 0 Å². The smallest absolute Gasteiger partial charge is 0.137 e. The first kappa shape index (κ1) is 8.81. The van der Waals surface area contributed by atoms with Crippen molar-refractivity contribution in [3.63, 3.8) is 0 Å². The van der Waals surface area contributed by atoms with E-state index >= 15 is 0 Å². The highest BCUT2D eigenvalue weighted by molar-refractivity contribution is 5.60. The number of phenols is 1. The molecule has 3 nitrogen and oxygen atoms in total. The molecule has 14 heavy (non-hydrogen) atoms. The average Bonchev–Trinajstić information content (AvgIpc) is 2.66. The van der Waals surface area contributed by atoms with Crippen LogP contribution in [-0.4, -0.2) is 15.1 Å². The minimum absolute atomic E-state index is 0.361. The summed E-state index contributed by atoms with van der Waals surface area (Å²) in [7, 11) is 0. The molecule has 0 saturated carbocycles. The lowest BCUT2D eigenvalue weighted by Crippen LogP contribution is -1.86. The molecule has 0 aliphatic heterocycles. The molecule has 2 N–H and O–H groups in total. The summed E-state index contributed by atoms with van der Waals surface area (Å²) in [5.74, 6) is 1.19. The van der Waals surface area contributed by atoms with Crippen LogP contribution >= 0.6 is 0 Å². The second-order valence-electron chi connectivity index (χ2n) is 3.40. The number of H-pyrrole nitrogens is 1. The second-order valence-corrected chi connectivity index (χ2v) is 3.40. The number of aromatic amines is 1. The summed E-state index contributed by atoms with van der Waals surface area (Å²) < 4.78 is 0. The van der Waals surface area contributed by atoms with Gasteiger partial charge in [-0.15, -0.1) is 0 Å². The number of nitrogens with zero attached hydrogens (tertiary/aromatic N) is 1. The minimum atomic E-state index is 0.361. The number of nitrogens with one attached hydrogen (secondary N) is 1. The quantitative estimate of drug-likeness (QED) is 0.722. The summed E-state index contributed by atoms with van der Waals surface area (Å²) in [4.78, 5) is 7.20. The number of phenolic OH excluding ortho intramolecular Hbond substituents is 1. The normalized spacial score (nSPS) is 10.4. The minimum Gasteiger partial charge on any atom is -0.507 e. The summed E-state index contributed by atoms with van der Waals surface area (Å²) >= 11 is 0. The largest absolute Gasteiger partial charge is 0.507 e. The van der Waals surface area contributed by atoms with Gasteiger partial charge in [0.15, 0.2) is 0 Å². The summed E-state index contributed by atoms with van der Waals surface area (Å²) in [5.41, 5.74) is 2.75. The van der Waals surface area contributed by atoms with Crippen molar-refractivity contribution in [2.24, 2.45) is 0 Å². The van der Waals surface area contributed by atoms with Gasteiger partial charge in [0.2, 0.25) is 0 Å². The van der Waals surface area contributed by atoms with E-state index in [1.54, 1.807) is 12.4 Å². The Hall–Kier alpha value is -1.77. The molecule has 0 amide bonds. The van der Waals surface area contributed by atoms with Crippen molar-refractivity contribution in [3.05, 3.63) is 35.7 Å². The van der Waals surface area contributed by atoms with Crippen LogP contribution in [0.1, 0.15) is 11.1 Å². The van der Waals surface area contributed by atoms with Crippen molar-refractivity contribution < 1.29 is 5.11 Å². The average molecular weight is 188 g/mol. The van der Waals surface area contributed by atoms with Crippen molar-refractivity contribution in [2.45, 2.75) is 13.8 Å². The fraction of sp³-hybridized carbons (Fsp3) is 0.182. The Morgan fingerprint density at radius 2 is 1.86 bits per heavy atom. The molecule has 0 bridgehead atoms. The third-order valence-corrected chi connectivity index (χ3v) is 2.26. The number of aromatic hydroxyl groups is 1. The van der Waals surface area contributed by atoms with Crippen molar-refractivity contribution in [1.29, 1.82) is 0 Å². The van der Waals surface area contributed by atoms with Gasteiger partial charge in [-0.1, -0.05) is 0 Å². The van der Waals surface area contributed by atoms with E-state index in [0.29, 0.717) is 5.75 Å². The van der Waals surface area contributed by atoms with E-state index in [9.17, 15) is 5.11 Å². The molecule has 0 radical (unpaired) electrons. The fourth-order valence-corrected chi connectivity index (χ4v) is 1.52. The number of aromatic nitrogens is 2. The molecule has 2 rings (SSSR count). The molecular formula is C11H12N2O. The molecule has 0 fully saturated rings. The van der Waals surface area contributed by atoms with Crippen molar-refractivity contribution in [1.82, 2.24) is 9.97 Å². The van der Waals surface area contributed by atoms with Gasteiger partial charge in [0.05, 0.1) is 0 Å². The van der Waals surface area contributed by atoms with Crippen LogP contribution in [0.2, 0.25) is 0 Å². The predicted molar refractivity (Wildman–Crippen MR) is 55.2 cm³/mol. The van der Waals surface area contributed by atoms with E-state index in [1.165, 1.54) is 0 Å². The number of benzene rings is 1. The summed E-state index contributed by atoms with van der Waals surface area (Å²) in [6, 6.07) is 3.84. The Morgan fingerprint density at radius 1 is 1.21 bits per heavy atom. The third kappa shape index (κ3) is 1.37. The van der Waals surface area contributed by atoms with Crippen LogP contribution in [0.25, 0.3) is 11.4 Å². The third-order valence-electron chi connectivity index (χ3n) is 2.26. The molecule has 2 aromatic rings. The zero-order chi connectivity index (χ0) is 10.1. The highest BCUT2D eigenvalue weighted by Crippen LogP contribution is 2.27. The Morgan fingerprint density at radius 3 is 2.36 bits per heavy atom. The van der Waals surface area contributed by atoms with E-state index in [2.05, 4.69) is 9.97 Å². The van der Waals surface area contributed by atoms with Gasteiger partial charge in [-0.25, -0.2) is 4.98 Å². The first-order valence-corrected chi connectivity index (χ1v) is 4.48. The summed E-state index contributed by atoms with van der Waals surface area (Å²) in [5, 5.41) is 9.60. The topological polar surface area (TPSA) is 48.9 Å². The van der Waals surface area contributed by atoms with Crippen LogP contribution in [-0.2, 0) is 0 Å². The highest BCUT2D eigenvalue weighted by Gasteiger charge is 2.05. The molecule has 3 heteroatoms. The predicted octanol–water partition coefficient (Wildman–Crippen LogP) is 2.40. The monoisotopic (exact) mass is 188 g/mol. The highest BCUT2D eigenvalue weighted by atomic mass is 16.3. The summed E-state index contributed by atoms with van der Waals surface area (Å²) in [6.45, 7) is 3.77. The van der Waals surface area contributed by atoms with Crippen LogP contribution in [0.5, 0.6) is 5.75 Å². The fourth-order valence-electron chi connectivity index (χ4n) is 1.52. The van der Waals surface area contributed by atoms with Crippen molar-refractivity contribution >= 4 is 0 Å². The molecular weight excluding hydrogens is 176 g/mol. The van der Waals surface area contributed by atoms with Crippen LogP contribution < -0.4 is 0 Å². The summed E-state index contributed by atoms with van der Waals surface area (Å²) in [6.07, 6.45) is 3.50. The molecule has 0 unspecified atom stereocenters. The Balaban J connectivity index is 2.57. The SMILES string of the molecule is Cc1cc(-c2ncc[nH]2)cc(C)c1O. The molecule has 1 aromatic heterocycles. The number of hydrogen-bond donors (Lipinski definition) is 2. The maximum absolute atomic E-state index is 9.60. The number of hydrogen-bond acceptors (Lipinski definition) is 2. The van der Waals surface area contributed by atoms with Crippen molar-refractivity contribution in [3.8, 4) is 17.1 Å². The van der Waals surface area contributed by atoms with E-state index < -0.39 is 0 Å². The number of imidazole rings is 1. The first-order valence-electron chi connectivity index (χ1n) is 4.48. The molecule has 0 atom stereocenters. The maximum Gasteiger partial charge on any atom is 0.137 e. The lowest BCUT2D eigenvalue weighted by atomic mass is 10.1. The van der Waals surface area contributed by atoms with E-state index in [4.69, 9.17) is 0 Å². The molecule has 0 spiro atoms. The first-order chi connectivity index (χ1) is 6.68. The number of aryl methyl sites for hydroxylation is 2. The van der Waals surface area contributed by atoms with Crippen LogP contribution in [0.4, 0.5) is 0 Å².